The molecule has 0 aromatic heterocycles. The van der Waals surface area contributed by atoms with E-state index in [1.807, 2.05) is 0 Å². The number of hydrogen-bond acceptors (Lipinski definition) is 0. The quantitative estimate of drug-likeness (QED) is 0.260. The minimum absolute atomic E-state index is 0. The van der Waals surface area contributed by atoms with Crippen LogP contribution in [0.3, 0.4) is 0 Å². The van der Waals surface area contributed by atoms with Gasteiger partial charge >= 0.3 is 17.4 Å². The predicted molar refractivity (Wildman–Crippen MR) is 60.0 cm³/mol. The van der Waals surface area contributed by atoms with E-state index in [1.54, 1.807) is 0 Å². The molecular formula is H30AlBr3O15. The predicted octanol–water partition coefficient (Wildman–Crippen LogP) is -21.7. The summed E-state index contributed by atoms with van der Waals surface area (Å²) in [5, 5.41) is 0. The Labute approximate surface area is 150 Å². The van der Waals surface area contributed by atoms with Gasteiger partial charge in [0.15, 0.2) is 0 Å². The molecule has 19 heavy (non-hydrogen) atoms. The second kappa shape index (κ2) is 3470. The van der Waals surface area contributed by atoms with Crippen molar-refractivity contribution >= 4 is 17.4 Å². The summed E-state index contributed by atoms with van der Waals surface area (Å²) in [4.78, 5) is 0. The van der Waals surface area contributed by atoms with Crippen LogP contribution in [0.15, 0.2) is 0 Å². The smallest absolute Gasteiger partial charge is 1.00 e. The van der Waals surface area contributed by atoms with Crippen molar-refractivity contribution in [1.29, 1.82) is 0 Å². The van der Waals surface area contributed by atoms with Gasteiger partial charge in [0.05, 0.1) is 0 Å². The molecule has 0 aliphatic carbocycles. The number of halogens is 3. The Bertz CT molecular complexity index is 17.4. The zero-order chi connectivity index (χ0) is 0. The number of rotatable bonds is 0. The van der Waals surface area contributed by atoms with E-state index in [-0.39, 0.29) is 150 Å². The summed E-state index contributed by atoms with van der Waals surface area (Å²) in [5.41, 5.74) is 0. The summed E-state index contributed by atoms with van der Waals surface area (Å²) in [6.45, 7) is 0. The number of hydrogen-bond donors (Lipinski definition) is 0. The van der Waals surface area contributed by atoms with E-state index in [0.29, 0.717) is 0 Å². The normalized spacial score (nSPS) is 0. The molecule has 0 spiro atoms. The van der Waals surface area contributed by atoms with Crippen molar-refractivity contribution in [1.82, 2.24) is 0 Å². The van der Waals surface area contributed by atoms with E-state index in [0.717, 1.165) is 0 Å². The van der Waals surface area contributed by atoms with Crippen molar-refractivity contribution in [2.45, 2.75) is 0 Å². The van der Waals surface area contributed by atoms with Crippen molar-refractivity contribution < 1.29 is 133 Å². The summed E-state index contributed by atoms with van der Waals surface area (Å²) in [7, 11) is 0. The Kier molecular flexibility index (Phi) is 742000. The van der Waals surface area contributed by atoms with Gasteiger partial charge in [0.1, 0.15) is 0 Å². The molecule has 15 nitrogen and oxygen atoms in total. The molecule has 0 fully saturated rings. The van der Waals surface area contributed by atoms with Gasteiger partial charge in [0.2, 0.25) is 0 Å². The Morgan fingerprint density at radius 1 is 0.158 bits per heavy atom. The van der Waals surface area contributed by atoms with Gasteiger partial charge in [-0.3, -0.25) is 0 Å². The zero-order valence-electron chi connectivity index (χ0n) is 9.21. The standard InChI is InChI=1S/Al.3BrH.15H2O/h;3*1H;15*1H2/q+3;;;;;;;;;;;;;;;;;;/p-3. The third-order valence-corrected chi connectivity index (χ3v) is 0. The molecule has 0 aromatic rings. The maximum absolute atomic E-state index is 0. The van der Waals surface area contributed by atoms with Crippen LogP contribution in [-0.2, 0) is 0 Å². The molecule has 0 saturated heterocycles. The molecule has 0 aromatic carbocycles. The molecule has 30 N–H and O–H groups in total. The fraction of sp³-hybridized carbons (Fsp3) is 0. The Balaban J connectivity index is 0. The minimum atomic E-state index is 0. The molecule has 144 valence electrons. The first-order valence-corrected chi connectivity index (χ1v) is 0. The molecule has 0 aliphatic heterocycles. The average molecular weight is 537 g/mol. The maximum atomic E-state index is 0. The minimum Gasteiger partial charge on any atom is -1.00 e. The molecule has 0 heterocycles. The summed E-state index contributed by atoms with van der Waals surface area (Å²) >= 11 is 0. The Hall–Kier alpha value is 1.37. The monoisotopic (exact) mass is 534 g/mol. The van der Waals surface area contributed by atoms with Gasteiger partial charge in [0, 0.05) is 0 Å². The Morgan fingerprint density at radius 3 is 0.158 bits per heavy atom. The van der Waals surface area contributed by atoms with Crippen molar-refractivity contribution in [2.24, 2.45) is 0 Å². The van der Waals surface area contributed by atoms with E-state index in [4.69, 9.17) is 0 Å². The van der Waals surface area contributed by atoms with Crippen molar-refractivity contribution in [2.75, 3.05) is 0 Å². The third kappa shape index (κ3) is 3100. The van der Waals surface area contributed by atoms with Gasteiger partial charge in [-0.25, -0.2) is 0 Å². The first kappa shape index (κ1) is 4060. The summed E-state index contributed by atoms with van der Waals surface area (Å²) in [5.74, 6) is 0. The topological polar surface area (TPSA) is 472 Å². The first-order valence-electron chi connectivity index (χ1n) is 0. The molecule has 19 heteroatoms. The maximum Gasteiger partial charge on any atom is 3.00 e. The van der Waals surface area contributed by atoms with Gasteiger partial charge in [-0.2, -0.15) is 0 Å². The Morgan fingerprint density at radius 2 is 0.158 bits per heavy atom. The van der Waals surface area contributed by atoms with Crippen molar-refractivity contribution in [3.63, 3.8) is 0 Å². The van der Waals surface area contributed by atoms with Crippen LogP contribution in [0, 0.1) is 0 Å². The molecule has 0 radical (unpaired) electrons. The van der Waals surface area contributed by atoms with Crippen molar-refractivity contribution in [3.05, 3.63) is 0 Å². The van der Waals surface area contributed by atoms with Crippen LogP contribution in [0.1, 0.15) is 0 Å². The largest absolute Gasteiger partial charge is 3.00 e. The van der Waals surface area contributed by atoms with Crippen LogP contribution < -0.4 is 50.9 Å². The second-order valence-corrected chi connectivity index (χ2v) is 0. The van der Waals surface area contributed by atoms with E-state index in [1.165, 1.54) is 0 Å². The fourth-order valence-electron chi connectivity index (χ4n) is 0. The van der Waals surface area contributed by atoms with Gasteiger partial charge in [-0.05, 0) is 0 Å². The van der Waals surface area contributed by atoms with Crippen LogP contribution in [0.2, 0.25) is 0 Å². The van der Waals surface area contributed by atoms with Gasteiger partial charge in [0.25, 0.3) is 0 Å². The van der Waals surface area contributed by atoms with Gasteiger partial charge < -0.3 is 133 Å². The molecule has 0 unspecified atom stereocenters. The van der Waals surface area contributed by atoms with E-state index in [9.17, 15) is 0 Å². The fourth-order valence-corrected chi connectivity index (χ4v) is 0. The van der Waals surface area contributed by atoms with Crippen molar-refractivity contribution in [3.8, 4) is 0 Å². The van der Waals surface area contributed by atoms with E-state index < -0.39 is 0 Å². The average Bonchev–Trinajstić information content (AvgIpc) is 0. The van der Waals surface area contributed by atoms with Crippen LogP contribution in [0.25, 0.3) is 0 Å². The zero-order valence-corrected chi connectivity index (χ0v) is 15.1. The summed E-state index contributed by atoms with van der Waals surface area (Å²) < 4.78 is 0. The van der Waals surface area contributed by atoms with Crippen LogP contribution >= 0.6 is 0 Å². The van der Waals surface area contributed by atoms with E-state index >= 15 is 0 Å². The summed E-state index contributed by atoms with van der Waals surface area (Å²) in [6, 6.07) is 0. The molecule has 0 aliphatic rings. The molecular weight excluding hydrogens is 507 g/mol. The SMILES string of the molecule is O.O.O.O.O.O.O.O.O.O.O.O.O.O.O.[Al+3].[Br-].[Br-].[Br-]. The van der Waals surface area contributed by atoms with Gasteiger partial charge in [-0.15, -0.1) is 0 Å². The first-order chi connectivity index (χ1) is 0. The molecule has 0 bridgehead atoms. The molecule has 0 atom stereocenters. The summed E-state index contributed by atoms with van der Waals surface area (Å²) in [6.07, 6.45) is 0. The van der Waals surface area contributed by atoms with Crippen LogP contribution in [0.5, 0.6) is 0 Å². The van der Waals surface area contributed by atoms with Crippen LogP contribution in [0.4, 0.5) is 0 Å². The van der Waals surface area contributed by atoms with E-state index in [2.05, 4.69) is 0 Å². The van der Waals surface area contributed by atoms with Crippen LogP contribution in [-0.4, -0.2) is 99.5 Å². The van der Waals surface area contributed by atoms with Gasteiger partial charge in [-0.1, -0.05) is 0 Å². The second-order valence-electron chi connectivity index (χ2n) is 0. The molecule has 0 amide bonds. The molecule has 0 saturated carbocycles. The third-order valence-electron chi connectivity index (χ3n) is 0. The molecule has 0 rings (SSSR count).